The van der Waals surface area contributed by atoms with Gasteiger partial charge in [0.2, 0.25) is 11.8 Å². The van der Waals surface area contributed by atoms with E-state index in [1.807, 2.05) is 42.6 Å². The Bertz CT molecular complexity index is 937. The van der Waals surface area contributed by atoms with Crippen molar-refractivity contribution in [1.29, 1.82) is 0 Å². The second-order valence-corrected chi connectivity index (χ2v) is 8.33. The third-order valence-corrected chi connectivity index (χ3v) is 5.84. The number of furan rings is 1. The lowest BCUT2D eigenvalue weighted by molar-refractivity contribution is -0.119. The van der Waals surface area contributed by atoms with E-state index < -0.39 is 0 Å². The Balaban J connectivity index is 1.53. The minimum Gasteiger partial charge on any atom is -0.458 e. The maximum Gasteiger partial charge on any atom is 0.238 e. The minimum atomic E-state index is -0.194. The van der Waals surface area contributed by atoms with Gasteiger partial charge in [-0.15, -0.1) is 23.1 Å². The molecule has 0 spiro atoms. The fraction of sp³-hybridized carbons (Fsp3) is 0.250. The quantitative estimate of drug-likeness (QED) is 0.573. The predicted molar refractivity (Wildman–Crippen MR) is 113 cm³/mol. The lowest BCUT2D eigenvalue weighted by atomic mass is 10.2. The molecule has 0 bridgehead atoms. The fourth-order valence-corrected chi connectivity index (χ4v) is 3.89. The summed E-state index contributed by atoms with van der Waals surface area (Å²) in [6.45, 7) is 3.68. The maximum atomic E-state index is 12.4. The number of nitrogens with zero attached hydrogens (tertiary/aromatic N) is 1. The molecule has 1 aromatic carbocycles. The van der Waals surface area contributed by atoms with Crippen molar-refractivity contribution in [3.8, 4) is 11.5 Å². The van der Waals surface area contributed by atoms with Crippen LogP contribution >= 0.6 is 23.1 Å². The van der Waals surface area contributed by atoms with Crippen LogP contribution in [-0.2, 0) is 21.9 Å². The van der Waals surface area contributed by atoms with Gasteiger partial charge in [0.15, 0.2) is 10.9 Å². The molecule has 0 aliphatic rings. The van der Waals surface area contributed by atoms with Crippen LogP contribution in [0, 0.1) is 0 Å². The molecule has 0 radical (unpaired) electrons. The molecule has 0 saturated heterocycles. The first-order valence-corrected chi connectivity index (χ1v) is 10.7. The monoisotopic (exact) mass is 415 g/mol. The number of benzene rings is 1. The Labute approximate surface area is 171 Å². The summed E-state index contributed by atoms with van der Waals surface area (Å²) in [5, 5.41) is 7.72. The lowest BCUT2D eigenvalue weighted by Crippen LogP contribution is -2.22. The molecule has 3 aromatic rings. The van der Waals surface area contributed by atoms with E-state index >= 15 is 0 Å². The van der Waals surface area contributed by atoms with Gasteiger partial charge in [-0.25, -0.2) is 4.98 Å². The number of anilines is 1. The highest BCUT2D eigenvalue weighted by Gasteiger charge is 2.16. The number of rotatable bonds is 8. The molecule has 6 nitrogen and oxygen atoms in total. The predicted octanol–water partition coefficient (Wildman–Crippen LogP) is 4.30. The van der Waals surface area contributed by atoms with E-state index in [2.05, 4.69) is 15.6 Å². The van der Waals surface area contributed by atoms with Crippen molar-refractivity contribution in [2.45, 2.75) is 31.4 Å². The molecule has 0 unspecified atom stereocenters. The SMILES string of the molecule is CC(=O)NCc1ccc(-c2csc(NC(=O)[C@H](C)SCc3ccccc3)n2)o1. The molecule has 146 valence electrons. The van der Waals surface area contributed by atoms with Crippen molar-refractivity contribution in [2.75, 3.05) is 5.32 Å². The van der Waals surface area contributed by atoms with Gasteiger partial charge in [0.1, 0.15) is 11.5 Å². The van der Waals surface area contributed by atoms with Crippen LogP contribution in [-0.4, -0.2) is 22.0 Å². The second-order valence-electron chi connectivity index (χ2n) is 6.14. The normalized spacial score (nSPS) is 11.8. The summed E-state index contributed by atoms with van der Waals surface area (Å²) in [5.41, 5.74) is 1.84. The topological polar surface area (TPSA) is 84.2 Å². The zero-order valence-corrected chi connectivity index (χ0v) is 17.2. The summed E-state index contributed by atoms with van der Waals surface area (Å²) in [6.07, 6.45) is 0. The Kier molecular flexibility index (Phi) is 6.89. The Morgan fingerprint density at radius 1 is 1.21 bits per heavy atom. The van der Waals surface area contributed by atoms with Crippen molar-refractivity contribution in [3.05, 3.63) is 59.2 Å². The van der Waals surface area contributed by atoms with Gasteiger partial charge in [-0.3, -0.25) is 9.59 Å². The standard InChI is InChI=1S/C20H21N3O3S2/c1-13(27-11-15-6-4-3-5-7-15)19(25)23-20-22-17(12-28-20)18-9-8-16(26-18)10-21-14(2)24/h3-9,12-13H,10-11H2,1-2H3,(H,21,24)(H,22,23,25)/t13-/m0/s1. The average molecular weight is 416 g/mol. The molecular formula is C20H21N3O3S2. The number of carbonyl (C=O) groups excluding carboxylic acids is 2. The van der Waals surface area contributed by atoms with E-state index in [0.29, 0.717) is 28.9 Å². The number of thiazole rings is 1. The number of amides is 2. The number of hydrogen-bond donors (Lipinski definition) is 2. The summed E-state index contributed by atoms with van der Waals surface area (Å²) in [5.74, 6) is 1.84. The van der Waals surface area contributed by atoms with Gasteiger partial charge >= 0.3 is 0 Å². The number of nitrogens with one attached hydrogen (secondary N) is 2. The molecule has 0 aliphatic carbocycles. The van der Waals surface area contributed by atoms with E-state index in [0.717, 1.165) is 5.75 Å². The van der Waals surface area contributed by atoms with E-state index in [4.69, 9.17) is 4.42 Å². The van der Waals surface area contributed by atoms with Crippen molar-refractivity contribution >= 4 is 40.0 Å². The van der Waals surface area contributed by atoms with Crippen LogP contribution in [0.4, 0.5) is 5.13 Å². The lowest BCUT2D eigenvalue weighted by Gasteiger charge is -2.10. The molecule has 3 rings (SSSR count). The molecule has 0 aliphatic heterocycles. The number of hydrogen-bond acceptors (Lipinski definition) is 6. The highest BCUT2D eigenvalue weighted by molar-refractivity contribution is 7.99. The van der Waals surface area contributed by atoms with E-state index in [-0.39, 0.29) is 17.1 Å². The summed E-state index contributed by atoms with van der Waals surface area (Å²) in [6, 6.07) is 13.7. The third-order valence-electron chi connectivity index (χ3n) is 3.87. The molecule has 2 aromatic heterocycles. The molecule has 1 atom stereocenters. The van der Waals surface area contributed by atoms with Gasteiger partial charge < -0.3 is 15.1 Å². The molecule has 2 amide bonds. The van der Waals surface area contributed by atoms with Crippen molar-refractivity contribution < 1.29 is 14.0 Å². The fourth-order valence-electron chi connectivity index (χ4n) is 2.34. The first-order chi connectivity index (χ1) is 13.5. The van der Waals surface area contributed by atoms with E-state index in [9.17, 15) is 9.59 Å². The van der Waals surface area contributed by atoms with Crippen LogP contribution < -0.4 is 10.6 Å². The minimum absolute atomic E-state index is 0.0763. The van der Waals surface area contributed by atoms with Crippen molar-refractivity contribution in [1.82, 2.24) is 10.3 Å². The van der Waals surface area contributed by atoms with Gasteiger partial charge in [0.05, 0.1) is 11.8 Å². The van der Waals surface area contributed by atoms with Crippen LogP contribution in [0.1, 0.15) is 25.2 Å². The van der Waals surface area contributed by atoms with Crippen molar-refractivity contribution in [3.63, 3.8) is 0 Å². The first-order valence-electron chi connectivity index (χ1n) is 8.76. The number of carbonyl (C=O) groups is 2. The largest absolute Gasteiger partial charge is 0.458 e. The highest BCUT2D eigenvalue weighted by atomic mass is 32.2. The zero-order chi connectivity index (χ0) is 19.9. The van der Waals surface area contributed by atoms with Gasteiger partial charge in [-0.2, -0.15) is 0 Å². The smallest absolute Gasteiger partial charge is 0.238 e. The van der Waals surface area contributed by atoms with Gasteiger partial charge in [-0.05, 0) is 24.6 Å². The highest BCUT2D eigenvalue weighted by Crippen LogP contribution is 2.27. The Morgan fingerprint density at radius 3 is 2.75 bits per heavy atom. The third kappa shape index (κ3) is 5.71. The van der Waals surface area contributed by atoms with Crippen LogP contribution in [0.15, 0.2) is 52.3 Å². The average Bonchev–Trinajstić information content (AvgIpc) is 3.34. The van der Waals surface area contributed by atoms with Crippen molar-refractivity contribution in [2.24, 2.45) is 0 Å². The summed E-state index contributed by atoms with van der Waals surface area (Å²) in [4.78, 5) is 27.8. The summed E-state index contributed by atoms with van der Waals surface area (Å²) in [7, 11) is 0. The Morgan fingerprint density at radius 2 is 2.00 bits per heavy atom. The molecule has 2 N–H and O–H groups in total. The molecular weight excluding hydrogens is 394 g/mol. The van der Waals surface area contributed by atoms with Gasteiger partial charge in [-0.1, -0.05) is 30.3 Å². The zero-order valence-electron chi connectivity index (χ0n) is 15.6. The van der Waals surface area contributed by atoms with Gasteiger partial charge in [0.25, 0.3) is 0 Å². The number of aromatic nitrogens is 1. The first kappa shape index (κ1) is 20.2. The maximum absolute atomic E-state index is 12.4. The molecule has 8 heteroatoms. The second kappa shape index (κ2) is 9.57. The summed E-state index contributed by atoms with van der Waals surface area (Å²) >= 11 is 2.93. The van der Waals surface area contributed by atoms with E-state index in [1.165, 1.54) is 23.8 Å². The van der Waals surface area contributed by atoms with Gasteiger partial charge in [0, 0.05) is 18.1 Å². The van der Waals surface area contributed by atoms with Crippen LogP contribution in [0.5, 0.6) is 0 Å². The van der Waals surface area contributed by atoms with Crippen LogP contribution in [0.3, 0.4) is 0 Å². The molecule has 0 fully saturated rings. The number of thioether (sulfide) groups is 1. The van der Waals surface area contributed by atoms with Crippen LogP contribution in [0.25, 0.3) is 11.5 Å². The van der Waals surface area contributed by atoms with E-state index in [1.54, 1.807) is 23.9 Å². The molecule has 28 heavy (non-hydrogen) atoms. The molecule has 2 heterocycles. The molecule has 0 saturated carbocycles. The Hall–Kier alpha value is -2.58. The summed E-state index contributed by atoms with van der Waals surface area (Å²) < 4.78 is 5.69. The van der Waals surface area contributed by atoms with Crippen LogP contribution in [0.2, 0.25) is 0 Å².